The van der Waals surface area contributed by atoms with E-state index in [4.69, 9.17) is 0 Å². The van der Waals surface area contributed by atoms with Gasteiger partial charge in [-0.1, -0.05) is 20.3 Å². The Morgan fingerprint density at radius 1 is 0.862 bits per heavy atom. The molecule has 0 amide bonds. The maximum absolute atomic E-state index is 11.8. The van der Waals surface area contributed by atoms with Crippen LogP contribution in [-0.4, -0.2) is 34.5 Å². The molecule has 0 spiro atoms. The molecule has 1 heterocycles. The minimum Gasteiger partial charge on any atom is -0.393 e. The molecule has 5 rings (SSSR count). The molecule has 3 heteroatoms. The van der Waals surface area contributed by atoms with E-state index < -0.39 is 5.60 Å². The summed E-state index contributed by atoms with van der Waals surface area (Å²) in [6.45, 7) is 8.38. The fourth-order valence-electron chi connectivity index (χ4n) is 9.79. The van der Waals surface area contributed by atoms with Gasteiger partial charge in [0, 0.05) is 6.04 Å². The minimum absolute atomic E-state index is 0.0487. The summed E-state index contributed by atoms with van der Waals surface area (Å²) in [4.78, 5) is 0. The number of hydrogen-bond acceptors (Lipinski definition) is 3. The molecule has 5 fully saturated rings. The van der Waals surface area contributed by atoms with Crippen LogP contribution in [0.5, 0.6) is 0 Å². The van der Waals surface area contributed by atoms with Crippen molar-refractivity contribution >= 4 is 0 Å². The van der Waals surface area contributed by atoms with Crippen molar-refractivity contribution in [1.29, 1.82) is 0 Å². The summed E-state index contributed by atoms with van der Waals surface area (Å²) in [5, 5.41) is 25.8. The minimum atomic E-state index is -0.577. The predicted octanol–water partition coefficient (Wildman–Crippen LogP) is 4.90. The van der Waals surface area contributed by atoms with Gasteiger partial charge < -0.3 is 15.5 Å². The lowest BCUT2D eigenvalue weighted by molar-refractivity contribution is -0.149. The number of piperidine rings is 1. The summed E-state index contributed by atoms with van der Waals surface area (Å²) in [6.07, 6.45) is 14.8. The van der Waals surface area contributed by atoms with Gasteiger partial charge in [0.05, 0.1) is 11.7 Å². The van der Waals surface area contributed by atoms with Crippen LogP contribution in [0.3, 0.4) is 0 Å². The van der Waals surface area contributed by atoms with Crippen molar-refractivity contribution in [1.82, 2.24) is 5.32 Å². The van der Waals surface area contributed by atoms with Gasteiger partial charge in [0.15, 0.2) is 0 Å². The Bertz CT molecular complexity index is 614. The molecular formula is C26H45NO2. The first-order valence-electron chi connectivity index (χ1n) is 12.9. The topological polar surface area (TPSA) is 52.5 Å². The molecule has 3 N–H and O–H groups in total. The van der Waals surface area contributed by atoms with Gasteiger partial charge in [-0.25, -0.2) is 0 Å². The van der Waals surface area contributed by atoms with E-state index >= 15 is 0 Å². The highest BCUT2D eigenvalue weighted by Gasteiger charge is 2.63. The summed E-state index contributed by atoms with van der Waals surface area (Å²) in [7, 11) is 0. The van der Waals surface area contributed by atoms with E-state index in [1.807, 2.05) is 0 Å². The second-order valence-corrected chi connectivity index (χ2v) is 12.5. The van der Waals surface area contributed by atoms with Crippen molar-refractivity contribution in [3.8, 4) is 0 Å². The fraction of sp³-hybridized carbons (Fsp3) is 1.00. The van der Waals surface area contributed by atoms with Crippen molar-refractivity contribution in [2.45, 2.75) is 116 Å². The first kappa shape index (κ1) is 20.8. The Kier molecular flexibility index (Phi) is 5.16. The average Bonchev–Trinajstić information content (AvgIpc) is 3.07. The number of nitrogens with one attached hydrogen (secondary N) is 1. The summed E-state index contributed by atoms with van der Waals surface area (Å²) < 4.78 is 0. The highest BCUT2D eigenvalue weighted by molar-refractivity contribution is 5.13. The Morgan fingerprint density at radius 2 is 1.62 bits per heavy atom. The molecule has 0 aromatic carbocycles. The van der Waals surface area contributed by atoms with Gasteiger partial charge in [-0.05, 0) is 125 Å². The van der Waals surface area contributed by atoms with Crippen LogP contribution in [0.1, 0.15) is 97.8 Å². The molecule has 0 aromatic rings. The molecule has 0 radical (unpaired) electrons. The number of aliphatic hydroxyl groups is 2. The quantitative estimate of drug-likeness (QED) is 0.615. The third kappa shape index (κ3) is 3.08. The van der Waals surface area contributed by atoms with E-state index in [-0.39, 0.29) is 12.1 Å². The Morgan fingerprint density at radius 3 is 2.38 bits per heavy atom. The van der Waals surface area contributed by atoms with Crippen molar-refractivity contribution in [3.05, 3.63) is 0 Å². The maximum Gasteiger partial charge on any atom is 0.0805 e. The van der Waals surface area contributed by atoms with Crippen LogP contribution < -0.4 is 5.32 Å². The molecule has 0 bridgehead atoms. The van der Waals surface area contributed by atoms with Crippen LogP contribution in [0.2, 0.25) is 0 Å². The van der Waals surface area contributed by atoms with Gasteiger partial charge in [0.1, 0.15) is 0 Å². The van der Waals surface area contributed by atoms with Crippen molar-refractivity contribution in [2.24, 2.45) is 40.4 Å². The zero-order chi connectivity index (χ0) is 20.4. The lowest BCUT2D eigenvalue weighted by Crippen LogP contribution is -2.60. The SMILES string of the molecule is C[C@]12CC[C@H](O)C[C@@H]1CCC1[C@@H]2CC[C@@]2(C)[C@H]1CC[C@@H]2[C@@](C)(O)C1CCCCN1. The van der Waals surface area contributed by atoms with E-state index in [0.29, 0.717) is 16.7 Å². The summed E-state index contributed by atoms with van der Waals surface area (Å²) >= 11 is 0. The second kappa shape index (κ2) is 7.20. The summed E-state index contributed by atoms with van der Waals surface area (Å²) in [5.74, 6) is 3.68. The van der Waals surface area contributed by atoms with E-state index in [1.54, 1.807) is 0 Å². The van der Waals surface area contributed by atoms with E-state index in [2.05, 4.69) is 26.1 Å². The lowest BCUT2D eigenvalue weighted by Gasteiger charge is -2.61. The molecule has 1 aliphatic heterocycles. The molecule has 3 nitrogen and oxygen atoms in total. The van der Waals surface area contributed by atoms with Crippen molar-refractivity contribution in [3.63, 3.8) is 0 Å². The Hall–Kier alpha value is -0.120. The van der Waals surface area contributed by atoms with Crippen LogP contribution in [0.25, 0.3) is 0 Å². The van der Waals surface area contributed by atoms with Gasteiger partial charge in [0.25, 0.3) is 0 Å². The van der Waals surface area contributed by atoms with Crippen molar-refractivity contribution < 1.29 is 10.2 Å². The molecule has 2 unspecified atom stereocenters. The van der Waals surface area contributed by atoms with Crippen LogP contribution >= 0.6 is 0 Å². The molecule has 166 valence electrons. The van der Waals surface area contributed by atoms with Crippen LogP contribution in [0.4, 0.5) is 0 Å². The molecule has 1 saturated heterocycles. The molecule has 5 aliphatic rings. The monoisotopic (exact) mass is 403 g/mol. The summed E-state index contributed by atoms with van der Waals surface area (Å²) in [6, 6.07) is 0.280. The molecule has 0 aromatic heterocycles. The average molecular weight is 404 g/mol. The number of aliphatic hydroxyl groups excluding tert-OH is 1. The molecular weight excluding hydrogens is 358 g/mol. The van der Waals surface area contributed by atoms with Gasteiger partial charge in [-0.3, -0.25) is 0 Å². The maximum atomic E-state index is 11.8. The fourth-order valence-corrected chi connectivity index (χ4v) is 9.79. The first-order chi connectivity index (χ1) is 13.8. The van der Waals surface area contributed by atoms with E-state index in [9.17, 15) is 10.2 Å². The lowest BCUT2D eigenvalue weighted by atomic mass is 9.44. The third-order valence-corrected chi connectivity index (χ3v) is 11.4. The smallest absolute Gasteiger partial charge is 0.0805 e. The normalized spacial score (nSPS) is 54.7. The standard InChI is InChI=1S/C26H45NO2/c1-24-13-11-18(28)16-17(24)7-8-19-20-9-10-22(25(20,2)14-12-21(19)24)26(3,29)23-6-4-5-15-27-23/h17-23,27-29H,4-16H2,1-3H3/t17-,18-,19?,20-,21-,22-,23?,24-,25-,26+/m0/s1. The highest BCUT2D eigenvalue weighted by Crippen LogP contribution is 2.68. The van der Waals surface area contributed by atoms with Gasteiger partial charge in [-0.15, -0.1) is 0 Å². The van der Waals surface area contributed by atoms with Crippen molar-refractivity contribution in [2.75, 3.05) is 6.54 Å². The highest BCUT2D eigenvalue weighted by atomic mass is 16.3. The van der Waals surface area contributed by atoms with Crippen LogP contribution in [0.15, 0.2) is 0 Å². The predicted molar refractivity (Wildman–Crippen MR) is 117 cm³/mol. The number of fused-ring (bicyclic) bond motifs is 5. The van der Waals surface area contributed by atoms with Crippen LogP contribution in [0, 0.1) is 40.4 Å². The Labute approximate surface area is 178 Å². The largest absolute Gasteiger partial charge is 0.393 e. The molecule has 10 atom stereocenters. The summed E-state index contributed by atoms with van der Waals surface area (Å²) in [5.41, 5.74) is 0.184. The Balaban J connectivity index is 1.38. The van der Waals surface area contributed by atoms with E-state index in [0.717, 1.165) is 49.5 Å². The van der Waals surface area contributed by atoms with Gasteiger partial charge >= 0.3 is 0 Å². The van der Waals surface area contributed by atoms with Gasteiger partial charge in [0.2, 0.25) is 0 Å². The molecule has 4 aliphatic carbocycles. The first-order valence-corrected chi connectivity index (χ1v) is 12.9. The molecule has 29 heavy (non-hydrogen) atoms. The molecule has 4 saturated carbocycles. The van der Waals surface area contributed by atoms with Gasteiger partial charge in [-0.2, -0.15) is 0 Å². The van der Waals surface area contributed by atoms with Crippen LogP contribution in [-0.2, 0) is 0 Å². The third-order valence-electron chi connectivity index (χ3n) is 11.4. The van der Waals surface area contributed by atoms with E-state index in [1.165, 1.54) is 57.8 Å². The zero-order valence-electron chi connectivity index (χ0n) is 19.1. The number of hydrogen-bond donors (Lipinski definition) is 3. The number of rotatable bonds is 2. The zero-order valence-corrected chi connectivity index (χ0v) is 19.1. The second-order valence-electron chi connectivity index (χ2n) is 12.5.